The van der Waals surface area contributed by atoms with Gasteiger partial charge in [0.2, 0.25) is 0 Å². The first-order valence-electron chi connectivity index (χ1n) is 0. The predicted octanol–water partition coefficient (Wildman–Crippen LogP) is -0.143. The van der Waals surface area contributed by atoms with Crippen LogP contribution in [0.25, 0.3) is 0 Å². The summed E-state index contributed by atoms with van der Waals surface area (Å²) in [6.07, 6.45) is 0. The van der Waals surface area contributed by atoms with Crippen LogP contribution in [0.5, 0.6) is 0 Å². The maximum absolute atomic E-state index is 0. The molecule has 0 saturated carbocycles. The Morgan fingerprint density at radius 3 is 0.0175 bits per heavy atom. The standard InChI is InChI=1S/57Y. The molecule has 0 aromatic rings. The first-order valence-corrected chi connectivity index (χ1v) is 0. The van der Waals surface area contributed by atoms with Gasteiger partial charge in [0.25, 0.3) is 0 Å². The average Bonchev–Trinajstić information content (AvgIpc) is 0. The van der Waals surface area contributed by atoms with E-state index >= 15 is 0 Å². The molecular weight excluding hydrogens is 5070 g/mol. The fourth-order valence-electron chi connectivity index (χ4n) is 0. The topological polar surface area (TPSA) is 0 Å². The molecule has 0 nitrogen and oxygen atoms in total. The molecule has 0 aliphatic rings. The van der Waals surface area contributed by atoms with E-state index in [1.807, 2.05) is 0 Å². The van der Waals surface area contributed by atoms with Crippen LogP contribution in [0.15, 0.2) is 0 Å². The van der Waals surface area contributed by atoms with Crippen LogP contribution in [0.2, 0.25) is 0 Å². The zero-order chi connectivity index (χ0) is 0. The molecule has 57 heavy (non-hydrogen) atoms. The second kappa shape index (κ2) is 418. The third-order valence-electron chi connectivity index (χ3n) is 0. The molecule has 0 bridgehead atoms. The van der Waals surface area contributed by atoms with Gasteiger partial charge in [-0.15, -0.1) is 0 Å². The number of hydrogen-bond acceptors (Lipinski definition) is 0. The van der Waals surface area contributed by atoms with E-state index in [0.29, 0.717) is 0 Å². The fourth-order valence-corrected chi connectivity index (χ4v) is 0. The summed E-state index contributed by atoms with van der Waals surface area (Å²) in [5.74, 6) is 0. The molecule has 57 radical (unpaired) electrons. The third-order valence-corrected chi connectivity index (χ3v) is 0. The van der Waals surface area contributed by atoms with Crippen molar-refractivity contribution in [1.29, 1.82) is 0 Å². The Hall–Kier alpha value is 62.9. The largest absolute Gasteiger partial charge is 0 e. The van der Waals surface area contributed by atoms with Gasteiger partial charge in [0.05, 0.1) is 0 Å². The summed E-state index contributed by atoms with van der Waals surface area (Å²) >= 11 is 0. The molecule has 0 amide bonds. The van der Waals surface area contributed by atoms with E-state index in [0.717, 1.165) is 0 Å². The van der Waals surface area contributed by atoms with Crippen LogP contribution >= 0.6 is 0 Å². The molecule has 0 N–H and O–H groups in total. The Kier molecular flexibility index (Phi) is 3140. The Labute approximate surface area is 1790 Å². The van der Waals surface area contributed by atoms with E-state index < -0.39 is 0 Å². The molecule has 0 atom stereocenters. The molecule has 0 aliphatic carbocycles. The van der Waals surface area contributed by atoms with E-state index in [1.54, 1.807) is 0 Å². The maximum atomic E-state index is 0. The van der Waals surface area contributed by atoms with Gasteiger partial charge in [-0.2, -0.15) is 0 Å². The molecule has 57 heteroatoms. The minimum Gasteiger partial charge on any atom is 0 e. The quantitative estimate of drug-likeness (QED) is 0.318. The SMILES string of the molecule is [Y].[Y].[Y].[Y].[Y].[Y].[Y].[Y].[Y].[Y].[Y].[Y].[Y].[Y].[Y].[Y].[Y].[Y].[Y].[Y].[Y].[Y].[Y].[Y].[Y].[Y].[Y].[Y].[Y].[Y].[Y].[Y].[Y].[Y].[Y].[Y].[Y].[Y].[Y].[Y].[Y].[Y].[Y].[Y].[Y].[Y].[Y].[Y].[Y].[Y].[Y].[Y].[Y].[Y].[Y].[Y].[Y]. The van der Waals surface area contributed by atoms with Crippen molar-refractivity contribution in [3.05, 3.63) is 0 Å². The number of rotatable bonds is 0. The van der Waals surface area contributed by atoms with Gasteiger partial charge in [-0.25, -0.2) is 0 Å². The van der Waals surface area contributed by atoms with Crippen LogP contribution in [0.3, 0.4) is 0 Å². The van der Waals surface area contributed by atoms with E-state index in [2.05, 4.69) is 0 Å². The molecule has 0 aromatic heterocycles. The van der Waals surface area contributed by atoms with Crippen LogP contribution in [-0.4, -0.2) is 0 Å². The monoisotopic (exact) mass is 5070 g/mol. The van der Waals surface area contributed by atoms with E-state index in [-0.39, 0.29) is 1860 Å². The first kappa shape index (κ1) is 428. The zero-order valence-electron chi connectivity index (χ0n) is 32.9. The summed E-state index contributed by atoms with van der Waals surface area (Å²) < 4.78 is 0. The van der Waals surface area contributed by atoms with Crippen LogP contribution in [-0.2, 0) is 1860 Å². The van der Waals surface area contributed by atoms with Gasteiger partial charge in [-0.1, -0.05) is 0 Å². The molecule has 0 heterocycles. The molecule has 0 fully saturated rings. The van der Waals surface area contributed by atoms with Crippen molar-refractivity contribution in [1.82, 2.24) is 0 Å². The Morgan fingerprint density at radius 2 is 0.0175 bits per heavy atom. The van der Waals surface area contributed by atoms with Gasteiger partial charge >= 0.3 is 0 Å². The summed E-state index contributed by atoms with van der Waals surface area (Å²) in [4.78, 5) is 0. The van der Waals surface area contributed by atoms with Gasteiger partial charge in [0.1, 0.15) is 0 Å². The zero-order valence-corrected chi connectivity index (χ0v) is 195. The van der Waals surface area contributed by atoms with Gasteiger partial charge in [-0.05, 0) is 0 Å². The summed E-state index contributed by atoms with van der Waals surface area (Å²) in [5, 5.41) is 0. The summed E-state index contributed by atoms with van der Waals surface area (Å²) in [5.41, 5.74) is 0. The van der Waals surface area contributed by atoms with Gasteiger partial charge in [0, 0.05) is 1860 Å². The predicted molar refractivity (Wildman–Crippen MR) is 0 cm³/mol. The molecule has 0 rings (SSSR count). The van der Waals surface area contributed by atoms with Crippen molar-refractivity contribution in [3.8, 4) is 0 Å². The van der Waals surface area contributed by atoms with Crippen molar-refractivity contribution < 1.29 is 1860 Å². The van der Waals surface area contributed by atoms with Crippen molar-refractivity contribution in [3.63, 3.8) is 0 Å². The molecule has 0 saturated heterocycles. The molecule has 0 spiro atoms. The minimum atomic E-state index is 0. The first-order chi connectivity index (χ1) is 0. The summed E-state index contributed by atoms with van der Waals surface area (Å²) in [6, 6.07) is 0. The Bertz CT molecular complexity index is 0. The van der Waals surface area contributed by atoms with Crippen molar-refractivity contribution in [2.45, 2.75) is 0 Å². The Morgan fingerprint density at radius 1 is 0.0175 bits per heavy atom. The van der Waals surface area contributed by atoms with E-state index in [4.69, 9.17) is 0 Å². The normalized spacial score (nSPS) is 0. The molecule has 171 valence electrons. The summed E-state index contributed by atoms with van der Waals surface area (Å²) in [6.45, 7) is 0. The van der Waals surface area contributed by atoms with Crippen molar-refractivity contribution in [2.24, 2.45) is 0 Å². The minimum absolute atomic E-state index is 0. The second-order valence-corrected chi connectivity index (χ2v) is 0. The Balaban J connectivity index is 0. The third kappa shape index (κ3) is 411. The molecule has 0 unspecified atom stereocenters. The van der Waals surface area contributed by atoms with Crippen LogP contribution < -0.4 is 0 Å². The van der Waals surface area contributed by atoms with Crippen molar-refractivity contribution in [2.75, 3.05) is 0 Å². The second-order valence-electron chi connectivity index (χ2n) is 0. The van der Waals surface area contributed by atoms with Crippen LogP contribution in [0.1, 0.15) is 0 Å². The molecule has 0 aromatic carbocycles. The average molecular weight is 5070 g/mol. The maximum Gasteiger partial charge on any atom is 0 e. The van der Waals surface area contributed by atoms with Crippen molar-refractivity contribution >= 4 is 0 Å². The van der Waals surface area contributed by atoms with Crippen LogP contribution in [0.4, 0.5) is 0 Å². The van der Waals surface area contributed by atoms with E-state index in [1.165, 1.54) is 0 Å². The van der Waals surface area contributed by atoms with Gasteiger partial charge < -0.3 is 0 Å². The van der Waals surface area contributed by atoms with E-state index in [9.17, 15) is 0 Å². The molecule has 0 aliphatic heterocycles. The molecular formula is Y57. The fraction of sp³-hybridized carbons (Fsp3) is 0. The van der Waals surface area contributed by atoms with Gasteiger partial charge in [0.15, 0.2) is 0 Å². The summed E-state index contributed by atoms with van der Waals surface area (Å²) in [7, 11) is 0. The number of hydrogen-bond donors (Lipinski definition) is 0. The van der Waals surface area contributed by atoms with Gasteiger partial charge in [-0.3, -0.25) is 0 Å². The smallest absolute Gasteiger partial charge is 0 e. The van der Waals surface area contributed by atoms with Crippen LogP contribution in [0, 0.1) is 0 Å².